The van der Waals surface area contributed by atoms with Gasteiger partial charge in [-0.05, 0) is 43.0 Å². The molecule has 2 aromatic rings. The summed E-state index contributed by atoms with van der Waals surface area (Å²) >= 11 is 7.40. The summed E-state index contributed by atoms with van der Waals surface area (Å²) in [6.07, 6.45) is 3.96. The summed E-state index contributed by atoms with van der Waals surface area (Å²) < 4.78 is 7.79. The number of aromatic nitrogens is 3. The number of nitrogens with zero attached hydrogens (tertiary/aromatic N) is 4. The number of hydrogen-bond acceptors (Lipinski definition) is 5. The van der Waals surface area contributed by atoms with E-state index in [9.17, 15) is 4.79 Å². The van der Waals surface area contributed by atoms with Gasteiger partial charge in [-0.1, -0.05) is 43.3 Å². The zero-order chi connectivity index (χ0) is 20.8. The Morgan fingerprint density at radius 3 is 2.59 bits per heavy atom. The van der Waals surface area contributed by atoms with Crippen molar-refractivity contribution in [3.8, 4) is 5.75 Å². The number of benzene rings is 1. The fraction of sp³-hybridized carbons (Fsp3) is 0.476. The molecule has 0 bridgehead atoms. The van der Waals surface area contributed by atoms with Crippen molar-refractivity contribution in [1.29, 1.82) is 0 Å². The average molecular weight is 435 g/mol. The second-order valence-electron chi connectivity index (χ2n) is 7.36. The molecule has 1 aliphatic heterocycles. The summed E-state index contributed by atoms with van der Waals surface area (Å²) in [4.78, 5) is 15.0. The maximum Gasteiger partial charge on any atom is 0.236 e. The van der Waals surface area contributed by atoms with Crippen molar-refractivity contribution in [3.05, 3.63) is 47.8 Å². The molecule has 2 heterocycles. The Labute approximate surface area is 181 Å². The minimum Gasteiger partial charge on any atom is -0.486 e. The summed E-state index contributed by atoms with van der Waals surface area (Å²) in [6.45, 7) is 10.5. The van der Waals surface area contributed by atoms with E-state index in [0.717, 1.165) is 25.9 Å². The summed E-state index contributed by atoms with van der Waals surface area (Å²) in [7, 11) is 0. The molecule has 8 heteroatoms. The number of ether oxygens (including phenoxy) is 1. The minimum atomic E-state index is -0.189. The Kier molecular flexibility index (Phi) is 7.61. The highest BCUT2D eigenvalue weighted by atomic mass is 35.5. The zero-order valence-electron chi connectivity index (χ0n) is 16.9. The monoisotopic (exact) mass is 434 g/mol. The van der Waals surface area contributed by atoms with Gasteiger partial charge in [0.1, 0.15) is 12.4 Å². The molecule has 1 unspecified atom stereocenters. The molecule has 1 aromatic carbocycles. The molecule has 0 aliphatic carbocycles. The van der Waals surface area contributed by atoms with Crippen LogP contribution in [0.15, 0.2) is 42.1 Å². The normalized spacial score (nSPS) is 15.0. The van der Waals surface area contributed by atoms with Gasteiger partial charge in [0, 0.05) is 24.7 Å². The number of halogens is 1. The standard InChI is InChI=1S/C21H27ClN4O2S/c1-4-11-26-18(14-28-17-9-7-16(22)8-10-17)23-24-21(26)29-19(15(2)3)20(27)25-12-5-6-13-25/h4,7-10,15,19H,1,5-6,11-14H2,2-3H3. The Hall–Kier alpha value is -1.99. The van der Waals surface area contributed by atoms with Crippen molar-refractivity contribution < 1.29 is 9.53 Å². The van der Waals surface area contributed by atoms with Crippen molar-refractivity contribution in [1.82, 2.24) is 19.7 Å². The highest BCUT2D eigenvalue weighted by Crippen LogP contribution is 2.30. The van der Waals surface area contributed by atoms with Gasteiger partial charge in [-0.25, -0.2) is 0 Å². The Morgan fingerprint density at radius 1 is 1.28 bits per heavy atom. The second-order valence-corrected chi connectivity index (χ2v) is 8.90. The first kappa shape index (κ1) is 21.7. The van der Waals surface area contributed by atoms with Gasteiger partial charge in [0.05, 0.1) is 5.25 Å². The predicted octanol–water partition coefficient (Wildman–Crippen LogP) is 4.44. The molecule has 0 N–H and O–H groups in total. The van der Waals surface area contributed by atoms with Crippen LogP contribution in [0.25, 0.3) is 0 Å². The third-order valence-corrected chi connectivity index (χ3v) is 6.55. The number of allylic oxidation sites excluding steroid dienone is 1. The SMILES string of the molecule is C=CCn1c(COc2ccc(Cl)cc2)nnc1SC(C(=O)N1CCCC1)C(C)C. The van der Waals surface area contributed by atoms with Crippen LogP contribution in [-0.2, 0) is 17.9 Å². The molecule has 1 aliphatic rings. The van der Waals surface area contributed by atoms with E-state index in [1.54, 1.807) is 18.2 Å². The smallest absolute Gasteiger partial charge is 0.236 e. The molecule has 1 saturated heterocycles. The van der Waals surface area contributed by atoms with Gasteiger partial charge in [-0.3, -0.25) is 9.36 Å². The molecule has 0 saturated carbocycles. The van der Waals surface area contributed by atoms with Crippen LogP contribution in [0.5, 0.6) is 5.75 Å². The third-order valence-electron chi connectivity index (χ3n) is 4.79. The van der Waals surface area contributed by atoms with Gasteiger partial charge in [-0.15, -0.1) is 16.8 Å². The third kappa shape index (κ3) is 5.54. The molecule has 3 rings (SSSR count). The molecule has 0 spiro atoms. The molecule has 1 amide bonds. The molecular weight excluding hydrogens is 408 g/mol. The fourth-order valence-corrected chi connectivity index (χ4v) is 4.48. The first-order valence-corrected chi connectivity index (χ1v) is 11.1. The fourth-order valence-electron chi connectivity index (χ4n) is 3.21. The number of carbonyl (C=O) groups is 1. The first-order valence-electron chi connectivity index (χ1n) is 9.86. The molecule has 156 valence electrons. The number of likely N-dealkylation sites (tertiary alicyclic amines) is 1. The van der Waals surface area contributed by atoms with Gasteiger partial charge < -0.3 is 9.64 Å². The first-order chi connectivity index (χ1) is 14.0. The number of hydrogen-bond donors (Lipinski definition) is 0. The van der Waals surface area contributed by atoms with Gasteiger partial charge in [-0.2, -0.15) is 0 Å². The van der Waals surface area contributed by atoms with E-state index in [-0.39, 0.29) is 23.7 Å². The molecule has 0 radical (unpaired) electrons. The highest BCUT2D eigenvalue weighted by Gasteiger charge is 2.31. The van der Waals surface area contributed by atoms with Crippen molar-refractivity contribution >= 4 is 29.3 Å². The Balaban J connectivity index is 1.74. The van der Waals surface area contributed by atoms with Crippen LogP contribution in [0.1, 0.15) is 32.5 Å². The molecule has 1 fully saturated rings. The van der Waals surface area contributed by atoms with Gasteiger partial charge in [0.2, 0.25) is 5.91 Å². The second kappa shape index (κ2) is 10.2. The minimum absolute atomic E-state index is 0.189. The highest BCUT2D eigenvalue weighted by molar-refractivity contribution is 8.00. The maximum absolute atomic E-state index is 13.0. The van der Waals surface area contributed by atoms with E-state index in [0.29, 0.717) is 28.3 Å². The van der Waals surface area contributed by atoms with E-state index in [1.165, 1.54) is 11.8 Å². The maximum atomic E-state index is 13.0. The predicted molar refractivity (Wildman–Crippen MR) is 116 cm³/mol. The van der Waals surface area contributed by atoms with E-state index >= 15 is 0 Å². The Morgan fingerprint density at radius 2 is 1.97 bits per heavy atom. The van der Waals surface area contributed by atoms with Crippen molar-refractivity contribution in [2.75, 3.05) is 13.1 Å². The van der Waals surface area contributed by atoms with Crippen LogP contribution in [0.4, 0.5) is 0 Å². The topological polar surface area (TPSA) is 60.2 Å². The summed E-state index contributed by atoms with van der Waals surface area (Å²) in [5.74, 6) is 1.78. The van der Waals surface area contributed by atoms with Crippen LogP contribution < -0.4 is 4.74 Å². The van der Waals surface area contributed by atoms with E-state index in [1.807, 2.05) is 21.6 Å². The van der Waals surface area contributed by atoms with Crippen LogP contribution in [-0.4, -0.2) is 43.9 Å². The molecule has 1 aromatic heterocycles. The largest absolute Gasteiger partial charge is 0.486 e. The van der Waals surface area contributed by atoms with Gasteiger partial charge in [0.15, 0.2) is 11.0 Å². The van der Waals surface area contributed by atoms with E-state index in [2.05, 4.69) is 30.6 Å². The molecule has 6 nitrogen and oxygen atoms in total. The summed E-state index contributed by atoms with van der Waals surface area (Å²) in [5, 5.41) is 9.84. The van der Waals surface area contributed by atoms with Crippen molar-refractivity contribution in [2.24, 2.45) is 5.92 Å². The van der Waals surface area contributed by atoms with Crippen molar-refractivity contribution in [2.45, 2.75) is 50.2 Å². The summed E-state index contributed by atoms with van der Waals surface area (Å²) in [5.41, 5.74) is 0. The lowest BCUT2D eigenvalue weighted by atomic mass is 10.1. The van der Waals surface area contributed by atoms with Gasteiger partial charge >= 0.3 is 0 Å². The average Bonchev–Trinajstić information content (AvgIpc) is 3.36. The lowest BCUT2D eigenvalue weighted by Gasteiger charge is -2.25. The van der Waals surface area contributed by atoms with E-state index < -0.39 is 0 Å². The lowest BCUT2D eigenvalue weighted by Crippen LogP contribution is -2.38. The van der Waals surface area contributed by atoms with Crippen LogP contribution in [0.3, 0.4) is 0 Å². The number of amides is 1. The van der Waals surface area contributed by atoms with Crippen LogP contribution >= 0.6 is 23.4 Å². The zero-order valence-corrected chi connectivity index (χ0v) is 18.5. The van der Waals surface area contributed by atoms with Gasteiger partial charge in [0.25, 0.3) is 0 Å². The number of rotatable bonds is 9. The quantitative estimate of drug-likeness (QED) is 0.431. The van der Waals surface area contributed by atoms with Crippen LogP contribution in [0.2, 0.25) is 5.02 Å². The summed E-state index contributed by atoms with van der Waals surface area (Å²) in [6, 6.07) is 7.19. The lowest BCUT2D eigenvalue weighted by molar-refractivity contribution is -0.130. The Bertz CT molecular complexity index is 832. The molecule has 29 heavy (non-hydrogen) atoms. The van der Waals surface area contributed by atoms with Crippen LogP contribution in [0, 0.1) is 5.92 Å². The van der Waals surface area contributed by atoms with Crippen molar-refractivity contribution in [3.63, 3.8) is 0 Å². The molecule has 1 atom stereocenters. The van der Waals surface area contributed by atoms with E-state index in [4.69, 9.17) is 16.3 Å². The number of thioether (sulfide) groups is 1. The number of carbonyl (C=O) groups excluding carboxylic acids is 1. The molecular formula is C21H27ClN4O2S.